The summed E-state index contributed by atoms with van der Waals surface area (Å²) in [6.45, 7) is 0. The number of hydrogen-bond donors (Lipinski definition) is 0. The van der Waals surface area contributed by atoms with E-state index in [9.17, 15) is 0 Å². The minimum atomic E-state index is 0.661. The summed E-state index contributed by atoms with van der Waals surface area (Å²) in [5.74, 6) is 0. The van der Waals surface area contributed by atoms with E-state index < -0.39 is 0 Å². The Morgan fingerprint density at radius 3 is 2.23 bits per heavy atom. The molecule has 0 saturated carbocycles. The van der Waals surface area contributed by atoms with Crippen LogP contribution in [0.1, 0.15) is 0 Å². The summed E-state index contributed by atoms with van der Waals surface area (Å²) in [6.07, 6.45) is 0. The van der Waals surface area contributed by atoms with E-state index in [2.05, 4.69) is 5.38 Å². The number of benzene rings is 1. The van der Waals surface area contributed by atoms with Gasteiger partial charge in [0, 0.05) is 15.4 Å². The molecule has 0 bridgehead atoms. The van der Waals surface area contributed by atoms with Gasteiger partial charge in [-0.05, 0) is 40.8 Å². The average molecular weight is 228 g/mol. The fourth-order valence-corrected chi connectivity index (χ4v) is 2.22. The fraction of sp³-hybridized carbons (Fsp3) is 0. The molecule has 0 amide bonds. The van der Waals surface area contributed by atoms with Crippen LogP contribution in [0.25, 0.3) is 11.1 Å². The molecule has 0 aliphatic rings. The number of rotatable bonds is 1. The molecule has 1 aromatic carbocycles. The van der Waals surface area contributed by atoms with Crippen molar-refractivity contribution in [2.45, 2.75) is 0 Å². The zero-order chi connectivity index (χ0) is 9.26. The largest absolute Gasteiger partial charge is 0.142 e. The highest BCUT2D eigenvalue weighted by molar-refractivity contribution is 7.07. The number of thiophene rings is 1. The molecule has 2 aromatic rings. The minimum Gasteiger partial charge on any atom is -0.142 e. The highest BCUT2D eigenvalue weighted by Gasteiger charge is 2.00. The Morgan fingerprint density at radius 1 is 1.00 bits per heavy atom. The number of hydrogen-bond acceptors (Lipinski definition) is 1. The first-order valence-electron chi connectivity index (χ1n) is 3.67. The molecule has 3 heteroatoms. The topological polar surface area (TPSA) is 0 Å². The van der Waals surface area contributed by atoms with Gasteiger partial charge in [-0.1, -0.05) is 23.2 Å². The maximum atomic E-state index is 5.88. The summed E-state index contributed by atoms with van der Waals surface area (Å²) in [7, 11) is 0. The molecule has 0 N–H and O–H groups in total. The Bertz CT molecular complexity index is 387. The first-order valence-corrected chi connectivity index (χ1v) is 5.30. The predicted octanol–water partition coefficient (Wildman–Crippen LogP) is 4.52. The van der Waals surface area contributed by atoms with Crippen LogP contribution in [0.15, 0.2) is 29.6 Å². The van der Waals surface area contributed by atoms with Crippen molar-refractivity contribution in [2.75, 3.05) is 0 Å². The molecule has 0 aliphatic heterocycles. The van der Waals surface area contributed by atoms with Crippen molar-refractivity contribution in [3.05, 3.63) is 45.1 Å². The summed E-state index contributed by atoms with van der Waals surface area (Å²) >= 11 is 13.3. The standard InChI is InChI=1S/C10H5Cl2S/c11-9-3-8(4-10(12)5-9)7-1-2-13-6-7/h1,3-6H. The molecule has 13 heavy (non-hydrogen) atoms. The van der Waals surface area contributed by atoms with Crippen molar-refractivity contribution in [2.24, 2.45) is 0 Å². The first-order chi connectivity index (χ1) is 6.25. The second kappa shape index (κ2) is 3.70. The molecule has 0 fully saturated rings. The Balaban J connectivity index is 2.53. The lowest BCUT2D eigenvalue weighted by Gasteiger charge is -1.99. The summed E-state index contributed by atoms with van der Waals surface area (Å²) in [6, 6.07) is 7.43. The molecular formula is C10H5Cl2S. The van der Waals surface area contributed by atoms with Gasteiger partial charge in [-0.2, -0.15) is 0 Å². The molecule has 0 spiro atoms. The lowest BCUT2D eigenvalue weighted by Crippen LogP contribution is -1.74. The summed E-state index contributed by atoms with van der Waals surface area (Å²) < 4.78 is 0. The highest BCUT2D eigenvalue weighted by atomic mass is 35.5. The van der Waals surface area contributed by atoms with Crippen molar-refractivity contribution in [3.63, 3.8) is 0 Å². The lowest BCUT2D eigenvalue weighted by molar-refractivity contribution is 1.67. The molecule has 0 atom stereocenters. The van der Waals surface area contributed by atoms with Gasteiger partial charge in [-0.25, -0.2) is 0 Å². The van der Waals surface area contributed by atoms with Gasteiger partial charge in [0.15, 0.2) is 0 Å². The zero-order valence-electron chi connectivity index (χ0n) is 6.55. The minimum absolute atomic E-state index is 0.661. The van der Waals surface area contributed by atoms with E-state index >= 15 is 0 Å². The second-order valence-electron chi connectivity index (χ2n) is 2.61. The Labute approximate surface area is 90.7 Å². The van der Waals surface area contributed by atoms with Crippen LogP contribution in [-0.4, -0.2) is 0 Å². The van der Waals surface area contributed by atoms with E-state index in [1.165, 1.54) is 11.3 Å². The van der Waals surface area contributed by atoms with E-state index in [0.717, 1.165) is 11.1 Å². The maximum Gasteiger partial charge on any atom is 0.0449 e. The summed E-state index contributed by atoms with van der Waals surface area (Å²) in [5, 5.41) is 6.36. The van der Waals surface area contributed by atoms with Gasteiger partial charge in [0.2, 0.25) is 0 Å². The summed E-state index contributed by atoms with van der Waals surface area (Å²) in [5.41, 5.74) is 2.14. The third-order valence-electron chi connectivity index (χ3n) is 1.66. The van der Waals surface area contributed by atoms with Gasteiger partial charge >= 0.3 is 0 Å². The zero-order valence-corrected chi connectivity index (χ0v) is 8.88. The predicted molar refractivity (Wildman–Crippen MR) is 58.6 cm³/mol. The van der Waals surface area contributed by atoms with Gasteiger partial charge in [-0.15, -0.1) is 11.3 Å². The second-order valence-corrected chi connectivity index (χ2v) is 4.19. The van der Waals surface area contributed by atoms with Gasteiger partial charge in [0.1, 0.15) is 0 Å². The van der Waals surface area contributed by atoms with Gasteiger partial charge < -0.3 is 0 Å². The average Bonchev–Trinajstić information content (AvgIpc) is 2.53. The van der Waals surface area contributed by atoms with Crippen LogP contribution in [0, 0.1) is 5.38 Å². The monoisotopic (exact) mass is 227 g/mol. The van der Waals surface area contributed by atoms with E-state index in [1.807, 2.05) is 23.6 Å². The molecule has 0 aliphatic carbocycles. The van der Waals surface area contributed by atoms with Gasteiger partial charge in [0.05, 0.1) is 0 Å². The third-order valence-corrected chi connectivity index (χ3v) is 2.73. The Morgan fingerprint density at radius 2 is 1.69 bits per heavy atom. The van der Waals surface area contributed by atoms with Gasteiger partial charge in [-0.3, -0.25) is 0 Å². The van der Waals surface area contributed by atoms with Crippen molar-refractivity contribution in [3.8, 4) is 11.1 Å². The molecule has 1 aromatic heterocycles. The highest BCUT2D eigenvalue weighted by Crippen LogP contribution is 2.28. The van der Waals surface area contributed by atoms with Crippen LogP contribution in [0.5, 0.6) is 0 Å². The van der Waals surface area contributed by atoms with Gasteiger partial charge in [0.25, 0.3) is 0 Å². The van der Waals surface area contributed by atoms with E-state index in [0.29, 0.717) is 10.0 Å². The lowest BCUT2D eigenvalue weighted by atomic mass is 10.1. The van der Waals surface area contributed by atoms with Crippen LogP contribution >= 0.6 is 34.5 Å². The molecule has 1 radical (unpaired) electrons. The normalized spacial score (nSPS) is 10.3. The van der Waals surface area contributed by atoms with Crippen molar-refractivity contribution in [1.29, 1.82) is 0 Å². The molecule has 2 rings (SSSR count). The van der Waals surface area contributed by atoms with Crippen LogP contribution in [0.3, 0.4) is 0 Å². The third kappa shape index (κ3) is 2.05. The van der Waals surface area contributed by atoms with Crippen LogP contribution < -0.4 is 0 Å². The van der Waals surface area contributed by atoms with Crippen molar-refractivity contribution < 1.29 is 0 Å². The quantitative estimate of drug-likeness (QED) is 0.673. The smallest absolute Gasteiger partial charge is 0.0449 e. The van der Waals surface area contributed by atoms with E-state index in [1.54, 1.807) is 6.07 Å². The van der Waals surface area contributed by atoms with E-state index in [-0.39, 0.29) is 0 Å². The van der Waals surface area contributed by atoms with Crippen molar-refractivity contribution >= 4 is 34.5 Å². The Kier molecular flexibility index (Phi) is 2.58. The Hall–Kier alpha value is -0.500. The maximum absolute atomic E-state index is 5.88. The van der Waals surface area contributed by atoms with Crippen molar-refractivity contribution in [1.82, 2.24) is 0 Å². The molecule has 1 heterocycles. The molecule has 0 saturated heterocycles. The number of halogens is 2. The molecule has 0 unspecified atom stereocenters. The molecule has 0 nitrogen and oxygen atoms in total. The summed E-state index contributed by atoms with van der Waals surface area (Å²) in [4.78, 5) is 0. The van der Waals surface area contributed by atoms with Crippen LogP contribution in [0.4, 0.5) is 0 Å². The SMILES string of the molecule is Clc1cc(Cl)cc(-c2c[c]sc2)c1. The van der Waals surface area contributed by atoms with Crippen LogP contribution in [-0.2, 0) is 0 Å². The molecular weight excluding hydrogens is 223 g/mol. The fourth-order valence-electron chi connectivity index (χ4n) is 1.10. The first kappa shape index (κ1) is 9.07. The van der Waals surface area contributed by atoms with E-state index in [4.69, 9.17) is 23.2 Å². The molecule has 65 valence electrons. The van der Waals surface area contributed by atoms with Crippen LogP contribution in [0.2, 0.25) is 10.0 Å².